The molecule has 0 saturated heterocycles. The normalized spacial score (nSPS) is 17.9. The Hall–Kier alpha value is -1.65. The SMILES string of the molecule is CC(O)(CNC1CC1)COc1cccc2ncccc12. The molecule has 2 aromatic rings. The van der Waals surface area contributed by atoms with Crippen molar-refractivity contribution in [3.8, 4) is 5.75 Å². The molecule has 1 aromatic heterocycles. The minimum atomic E-state index is -0.868. The number of hydrogen-bond acceptors (Lipinski definition) is 4. The molecule has 3 rings (SSSR count). The fraction of sp³-hybridized carbons (Fsp3) is 0.438. The first-order chi connectivity index (χ1) is 9.64. The van der Waals surface area contributed by atoms with Crippen molar-refractivity contribution >= 4 is 10.9 Å². The van der Waals surface area contributed by atoms with Crippen LogP contribution in [0.3, 0.4) is 0 Å². The Morgan fingerprint density at radius 2 is 2.20 bits per heavy atom. The lowest BCUT2D eigenvalue weighted by Crippen LogP contribution is -2.43. The van der Waals surface area contributed by atoms with E-state index >= 15 is 0 Å². The Bertz CT molecular complexity index is 589. The van der Waals surface area contributed by atoms with Gasteiger partial charge in [0.1, 0.15) is 18.0 Å². The summed E-state index contributed by atoms with van der Waals surface area (Å²) in [6.45, 7) is 2.62. The van der Waals surface area contributed by atoms with E-state index in [1.165, 1.54) is 12.8 Å². The second kappa shape index (κ2) is 5.38. The molecule has 1 saturated carbocycles. The Morgan fingerprint density at radius 3 is 3.00 bits per heavy atom. The van der Waals surface area contributed by atoms with Crippen LogP contribution < -0.4 is 10.1 Å². The molecular formula is C16H20N2O2. The molecule has 0 spiro atoms. The van der Waals surface area contributed by atoms with Crippen molar-refractivity contribution in [1.82, 2.24) is 10.3 Å². The Kier molecular flexibility index (Phi) is 3.59. The molecule has 1 aromatic carbocycles. The van der Waals surface area contributed by atoms with Crippen molar-refractivity contribution in [1.29, 1.82) is 0 Å². The van der Waals surface area contributed by atoms with E-state index in [0.717, 1.165) is 16.7 Å². The van der Waals surface area contributed by atoms with Crippen LogP contribution in [0.5, 0.6) is 5.75 Å². The van der Waals surface area contributed by atoms with Gasteiger partial charge in [-0.2, -0.15) is 0 Å². The molecule has 0 radical (unpaired) electrons. The molecule has 2 N–H and O–H groups in total. The van der Waals surface area contributed by atoms with E-state index in [0.29, 0.717) is 12.6 Å². The maximum atomic E-state index is 10.3. The van der Waals surface area contributed by atoms with Crippen LogP contribution in [0.1, 0.15) is 19.8 Å². The maximum absolute atomic E-state index is 10.3. The van der Waals surface area contributed by atoms with E-state index in [-0.39, 0.29) is 6.61 Å². The number of benzene rings is 1. The molecule has 106 valence electrons. The molecule has 4 heteroatoms. The Labute approximate surface area is 118 Å². The first-order valence-corrected chi connectivity index (χ1v) is 7.06. The molecule has 0 aliphatic heterocycles. The van der Waals surface area contributed by atoms with Crippen LogP contribution in [-0.4, -0.2) is 34.9 Å². The second-order valence-electron chi connectivity index (χ2n) is 5.77. The van der Waals surface area contributed by atoms with Gasteiger partial charge in [-0.15, -0.1) is 0 Å². The van der Waals surface area contributed by atoms with Crippen LogP contribution in [0.4, 0.5) is 0 Å². The van der Waals surface area contributed by atoms with Crippen LogP contribution in [0.2, 0.25) is 0 Å². The molecule has 1 unspecified atom stereocenters. The van der Waals surface area contributed by atoms with Crippen LogP contribution in [0.25, 0.3) is 10.9 Å². The first kappa shape index (κ1) is 13.3. The highest BCUT2D eigenvalue weighted by Crippen LogP contribution is 2.25. The average molecular weight is 272 g/mol. The summed E-state index contributed by atoms with van der Waals surface area (Å²) < 4.78 is 5.81. The smallest absolute Gasteiger partial charge is 0.128 e. The largest absolute Gasteiger partial charge is 0.490 e. The lowest BCUT2D eigenvalue weighted by Gasteiger charge is -2.24. The summed E-state index contributed by atoms with van der Waals surface area (Å²) in [6.07, 6.45) is 4.19. The van der Waals surface area contributed by atoms with Crippen molar-refractivity contribution in [3.63, 3.8) is 0 Å². The topological polar surface area (TPSA) is 54.4 Å². The van der Waals surface area contributed by atoms with Crippen LogP contribution in [-0.2, 0) is 0 Å². The number of aliphatic hydroxyl groups is 1. The number of aromatic nitrogens is 1. The van der Waals surface area contributed by atoms with Crippen molar-refractivity contribution in [2.75, 3.05) is 13.2 Å². The van der Waals surface area contributed by atoms with Crippen LogP contribution in [0.15, 0.2) is 36.5 Å². The highest BCUT2D eigenvalue weighted by atomic mass is 16.5. The number of nitrogens with one attached hydrogen (secondary N) is 1. The highest BCUT2D eigenvalue weighted by molar-refractivity contribution is 5.84. The van der Waals surface area contributed by atoms with E-state index in [1.807, 2.05) is 30.3 Å². The average Bonchev–Trinajstić information content (AvgIpc) is 3.27. The van der Waals surface area contributed by atoms with Gasteiger partial charge in [-0.05, 0) is 44.0 Å². The Morgan fingerprint density at radius 1 is 1.35 bits per heavy atom. The fourth-order valence-electron chi connectivity index (χ4n) is 2.14. The highest BCUT2D eigenvalue weighted by Gasteiger charge is 2.27. The summed E-state index contributed by atoms with van der Waals surface area (Å²) in [5.41, 5.74) is 0.0354. The van der Waals surface area contributed by atoms with Gasteiger partial charge in [-0.25, -0.2) is 0 Å². The van der Waals surface area contributed by atoms with Crippen molar-refractivity contribution in [2.45, 2.75) is 31.4 Å². The third-order valence-electron chi connectivity index (χ3n) is 3.49. The number of hydrogen-bond donors (Lipinski definition) is 2. The van der Waals surface area contributed by atoms with E-state index in [1.54, 1.807) is 13.1 Å². The molecule has 1 heterocycles. The zero-order valence-corrected chi connectivity index (χ0v) is 11.7. The summed E-state index contributed by atoms with van der Waals surface area (Å²) >= 11 is 0. The predicted molar refractivity (Wildman–Crippen MR) is 78.9 cm³/mol. The quantitative estimate of drug-likeness (QED) is 0.845. The third kappa shape index (κ3) is 3.26. The van der Waals surface area contributed by atoms with Crippen molar-refractivity contribution < 1.29 is 9.84 Å². The lowest BCUT2D eigenvalue weighted by molar-refractivity contribution is 0.0125. The van der Waals surface area contributed by atoms with E-state index < -0.39 is 5.60 Å². The van der Waals surface area contributed by atoms with Crippen LogP contribution in [0, 0.1) is 0 Å². The van der Waals surface area contributed by atoms with Gasteiger partial charge in [0, 0.05) is 24.2 Å². The number of pyridine rings is 1. The van der Waals surface area contributed by atoms with Gasteiger partial charge in [0.05, 0.1) is 5.52 Å². The second-order valence-corrected chi connectivity index (χ2v) is 5.77. The van der Waals surface area contributed by atoms with Gasteiger partial charge < -0.3 is 15.2 Å². The maximum Gasteiger partial charge on any atom is 0.128 e. The van der Waals surface area contributed by atoms with Gasteiger partial charge in [-0.3, -0.25) is 4.98 Å². The molecule has 1 aliphatic rings. The third-order valence-corrected chi connectivity index (χ3v) is 3.49. The van der Waals surface area contributed by atoms with E-state index in [2.05, 4.69) is 10.3 Å². The molecule has 1 aliphatic carbocycles. The Balaban J connectivity index is 1.66. The fourth-order valence-corrected chi connectivity index (χ4v) is 2.14. The van der Waals surface area contributed by atoms with Crippen molar-refractivity contribution in [3.05, 3.63) is 36.5 Å². The van der Waals surface area contributed by atoms with Crippen LogP contribution >= 0.6 is 0 Å². The zero-order valence-electron chi connectivity index (χ0n) is 11.7. The molecule has 20 heavy (non-hydrogen) atoms. The van der Waals surface area contributed by atoms with Gasteiger partial charge in [0.15, 0.2) is 0 Å². The number of fused-ring (bicyclic) bond motifs is 1. The molecule has 1 atom stereocenters. The van der Waals surface area contributed by atoms with E-state index in [9.17, 15) is 5.11 Å². The molecule has 4 nitrogen and oxygen atoms in total. The number of ether oxygens (including phenoxy) is 1. The molecule has 1 fully saturated rings. The monoisotopic (exact) mass is 272 g/mol. The van der Waals surface area contributed by atoms with Gasteiger partial charge in [0.2, 0.25) is 0 Å². The number of nitrogens with zero attached hydrogens (tertiary/aromatic N) is 1. The molecule has 0 bridgehead atoms. The summed E-state index contributed by atoms with van der Waals surface area (Å²) in [5.74, 6) is 0.766. The van der Waals surface area contributed by atoms with Crippen molar-refractivity contribution in [2.24, 2.45) is 0 Å². The number of rotatable bonds is 6. The molecular weight excluding hydrogens is 252 g/mol. The van der Waals surface area contributed by atoms with Gasteiger partial charge in [-0.1, -0.05) is 6.07 Å². The van der Waals surface area contributed by atoms with E-state index in [4.69, 9.17) is 4.74 Å². The minimum Gasteiger partial charge on any atom is -0.490 e. The van der Waals surface area contributed by atoms with Gasteiger partial charge >= 0.3 is 0 Å². The summed E-state index contributed by atoms with van der Waals surface area (Å²) in [6, 6.07) is 10.2. The zero-order chi connectivity index (χ0) is 14.0. The van der Waals surface area contributed by atoms with Gasteiger partial charge in [0.25, 0.3) is 0 Å². The lowest BCUT2D eigenvalue weighted by atomic mass is 10.1. The standard InChI is InChI=1S/C16H20N2O2/c1-16(19,10-18-12-7-8-12)11-20-15-6-2-5-14-13(15)4-3-9-17-14/h2-6,9,12,18-19H,7-8,10-11H2,1H3. The summed E-state index contributed by atoms with van der Waals surface area (Å²) in [5, 5.41) is 14.6. The summed E-state index contributed by atoms with van der Waals surface area (Å²) in [4.78, 5) is 4.30. The summed E-state index contributed by atoms with van der Waals surface area (Å²) in [7, 11) is 0. The first-order valence-electron chi connectivity index (χ1n) is 7.06. The molecule has 0 amide bonds. The predicted octanol–water partition coefficient (Wildman–Crippen LogP) is 2.12. The minimum absolute atomic E-state index is 0.265.